The smallest absolute Gasteiger partial charge is 0.0224 e. The second-order valence-corrected chi connectivity index (χ2v) is 6.76. The third kappa shape index (κ3) is 3.71. The Kier molecular flexibility index (Phi) is 5.67. The number of rotatable bonds is 6. The zero-order valence-corrected chi connectivity index (χ0v) is 13.4. The molecule has 2 aliphatic rings. The first-order valence-corrected chi connectivity index (χ1v) is 8.34. The molecule has 0 aliphatic carbocycles. The van der Waals surface area contributed by atoms with Crippen LogP contribution < -0.4 is 5.32 Å². The molecule has 0 bridgehead atoms. The van der Waals surface area contributed by atoms with Gasteiger partial charge in [-0.3, -0.25) is 9.80 Å². The summed E-state index contributed by atoms with van der Waals surface area (Å²) in [7, 11) is 0. The summed E-state index contributed by atoms with van der Waals surface area (Å²) in [6, 6.07) is 2.26. The molecule has 4 unspecified atom stereocenters. The van der Waals surface area contributed by atoms with Crippen molar-refractivity contribution in [1.82, 2.24) is 15.1 Å². The minimum absolute atomic E-state index is 0.696. The highest BCUT2D eigenvalue weighted by atomic mass is 15.3. The van der Waals surface area contributed by atoms with Gasteiger partial charge >= 0.3 is 0 Å². The Hall–Kier alpha value is -0.120. The largest absolute Gasteiger partial charge is 0.316 e. The van der Waals surface area contributed by atoms with Crippen molar-refractivity contribution in [3.05, 3.63) is 0 Å². The van der Waals surface area contributed by atoms with Crippen molar-refractivity contribution in [1.29, 1.82) is 0 Å². The normalized spacial score (nSPS) is 32.2. The Morgan fingerprint density at radius 1 is 1.26 bits per heavy atom. The van der Waals surface area contributed by atoms with Gasteiger partial charge in [0, 0.05) is 31.2 Å². The SMILES string of the molecule is CCCNCC(C)C(C)N1CC2CCCN2CC1C. The van der Waals surface area contributed by atoms with Gasteiger partial charge in [-0.25, -0.2) is 0 Å². The summed E-state index contributed by atoms with van der Waals surface area (Å²) in [4.78, 5) is 5.48. The lowest BCUT2D eigenvalue weighted by Gasteiger charge is -2.46. The first-order chi connectivity index (χ1) is 9.13. The monoisotopic (exact) mass is 267 g/mol. The summed E-state index contributed by atoms with van der Waals surface area (Å²) >= 11 is 0. The summed E-state index contributed by atoms with van der Waals surface area (Å²) in [5, 5.41) is 3.58. The number of hydrogen-bond donors (Lipinski definition) is 1. The fourth-order valence-corrected chi connectivity index (χ4v) is 3.78. The molecular formula is C16H33N3. The van der Waals surface area contributed by atoms with Crippen LogP contribution in [0.1, 0.15) is 47.0 Å². The van der Waals surface area contributed by atoms with Crippen LogP contribution in [0.3, 0.4) is 0 Å². The molecule has 0 aromatic heterocycles. The summed E-state index contributed by atoms with van der Waals surface area (Å²) < 4.78 is 0. The van der Waals surface area contributed by atoms with Gasteiger partial charge in [0.15, 0.2) is 0 Å². The van der Waals surface area contributed by atoms with E-state index in [1.54, 1.807) is 0 Å². The average molecular weight is 267 g/mol. The van der Waals surface area contributed by atoms with Crippen LogP contribution in [0.2, 0.25) is 0 Å². The van der Waals surface area contributed by atoms with Gasteiger partial charge in [-0.2, -0.15) is 0 Å². The minimum atomic E-state index is 0.696. The van der Waals surface area contributed by atoms with Gasteiger partial charge in [0.25, 0.3) is 0 Å². The Morgan fingerprint density at radius 3 is 2.79 bits per heavy atom. The maximum atomic E-state index is 3.58. The van der Waals surface area contributed by atoms with Crippen LogP contribution in [0.15, 0.2) is 0 Å². The van der Waals surface area contributed by atoms with Crippen LogP contribution in [0, 0.1) is 5.92 Å². The quantitative estimate of drug-likeness (QED) is 0.744. The number of hydrogen-bond acceptors (Lipinski definition) is 3. The summed E-state index contributed by atoms with van der Waals surface area (Å²) in [6.45, 7) is 15.7. The fraction of sp³-hybridized carbons (Fsp3) is 1.00. The topological polar surface area (TPSA) is 18.5 Å². The van der Waals surface area contributed by atoms with E-state index < -0.39 is 0 Å². The number of nitrogens with zero attached hydrogens (tertiary/aromatic N) is 2. The van der Waals surface area contributed by atoms with Crippen molar-refractivity contribution in [3.63, 3.8) is 0 Å². The molecule has 2 saturated heterocycles. The van der Waals surface area contributed by atoms with Crippen molar-refractivity contribution in [2.75, 3.05) is 32.7 Å². The maximum absolute atomic E-state index is 3.58. The predicted molar refractivity (Wildman–Crippen MR) is 82.5 cm³/mol. The van der Waals surface area contributed by atoms with Crippen LogP contribution in [-0.2, 0) is 0 Å². The van der Waals surface area contributed by atoms with E-state index in [9.17, 15) is 0 Å². The van der Waals surface area contributed by atoms with E-state index in [-0.39, 0.29) is 0 Å². The molecule has 4 atom stereocenters. The molecule has 0 spiro atoms. The fourth-order valence-electron chi connectivity index (χ4n) is 3.78. The van der Waals surface area contributed by atoms with E-state index in [0.717, 1.165) is 31.1 Å². The lowest BCUT2D eigenvalue weighted by molar-refractivity contribution is 0.0171. The van der Waals surface area contributed by atoms with E-state index in [2.05, 4.69) is 42.8 Å². The molecule has 2 rings (SSSR count). The molecule has 0 amide bonds. The molecule has 1 N–H and O–H groups in total. The number of fused-ring (bicyclic) bond motifs is 1. The van der Waals surface area contributed by atoms with Gasteiger partial charge in [-0.1, -0.05) is 13.8 Å². The maximum Gasteiger partial charge on any atom is 0.0224 e. The van der Waals surface area contributed by atoms with E-state index in [1.165, 1.54) is 38.9 Å². The van der Waals surface area contributed by atoms with Gasteiger partial charge in [0.05, 0.1) is 0 Å². The van der Waals surface area contributed by atoms with Gasteiger partial charge in [-0.05, 0) is 58.7 Å². The molecule has 0 saturated carbocycles. The second kappa shape index (κ2) is 7.05. The van der Waals surface area contributed by atoms with E-state index in [1.807, 2.05) is 0 Å². The van der Waals surface area contributed by atoms with E-state index in [0.29, 0.717) is 6.04 Å². The van der Waals surface area contributed by atoms with Crippen molar-refractivity contribution in [2.45, 2.75) is 65.1 Å². The van der Waals surface area contributed by atoms with Gasteiger partial charge in [0.1, 0.15) is 0 Å². The molecule has 0 aromatic carbocycles. The average Bonchev–Trinajstić information content (AvgIpc) is 2.84. The van der Waals surface area contributed by atoms with Gasteiger partial charge in [-0.15, -0.1) is 0 Å². The molecule has 2 aliphatic heterocycles. The molecule has 112 valence electrons. The van der Waals surface area contributed by atoms with Crippen LogP contribution in [0.5, 0.6) is 0 Å². The molecule has 3 heteroatoms. The zero-order valence-electron chi connectivity index (χ0n) is 13.4. The van der Waals surface area contributed by atoms with Crippen LogP contribution in [0.25, 0.3) is 0 Å². The van der Waals surface area contributed by atoms with Gasteiger partial charge in [0.2, 0.25) is 0 Å². The molecule has 0 radical (unpaired) electrons. The van der Waals surface area contributed by atoms with E-state index >= 15 is 0 Å². The summed E-state index contributed by atoms with van der Waals surface area (Å²) in [5.41, 5.74) is 0. The lowest BCUT2D eigenvalue weighted by atomic mass is 9.97. The van der Waals surface area contributed by atoms with Crippen LogP contribution in [0.4, 0.5) is 0 Å². The highest BCUT2D eigenvalue weighted by Gasteiger charge is 2.37. The molecule has 3 nitrogen and oxygen atoms in total. The van der Waals surface area contributed by atoms with Crippen molar-refractivity contribution in [3.8, 4) is 0 Å². The number of nitrogens with one attached hydrogen (secondary N) is 1. The Bertz CT molecular complexity index is 269. The van der Waals surface area contributed by atoms with Crippen molar-refractivity contribution < 1.29 is 0 Å². The minimum Gasteiger partial charge on any atom is -0.316 e. The Labute approximate surface area is 119 Å². The van der Waals surface area contributed by atoms with E-state index in [4.69, 9.17) is 0 Å². The first kappa shape index (κ1) is 15.3. The Balaban J connectivity index is 1.85. The predicted octanol–water partition coefficient (Wildman–Crippen LogP) is 2.18. The zero-order chi connectivity index (χ0) is 13.8. The number of piperazine rings is 1. The third-order valence-corrected chi connectivity index (χ3v) is 5.23. The standard InChI is InChI=1S/C16H33N3/c1-5-8-17-10-13(2)15(4)19-12-16-7-6-9-18(16)11-14(19)3/h13-17H,5-12H2,1-4H3. The van der Waals surface area contributed by atoms with Crippen molar-refractivity contribution >= 4 is 0 Å². The second-order valence-electron chi connectivity index (χ2n) is 6.76. The molecule has 2 heterocycles. The van der Waals surface area contributed by atoms with Crippen LogP contribution >= 0.6 is 0 Å². The molecule has 0 aromatic rings. The lowest BCUT2D eigenvalue weighted by Crippen LogP contribution is -2.59. The first-order valence-electron chi connectivity index (χ1n) is 8.34. The summed E-state index contributed by atoms with van der Waals surface area (Å²) in [6.07, 6.45) is 4.06. The molecular weight excluding hydrogens is 234 g/mol. The van der Waals surface area contributed by atoms with Gasteiger partial charge < -0.3 is 5.32 Å². The van der Waals surface area contributed by atoms with Crippen LogP contribution in [-0.4, -0.2) is 60.6 Å². The Morgan fingerprint density at radius 2 is 2.05 bits per heavy atom. The molecule has 19 heavy (non-hydrogen) atoms. The summed E-state index contributed by atoms with van der Waals surface area (Å²) in [5.74, 6) is 0.738. The molecule has 2 fully saturated rings. The highest BCUT2D eigenvalue weighted by molar-refractivity contribution is 4.93. The highest BCUT2D eigenvalue weighted by Crippen LogP contribution is 2.27. The third-order valence-electron chi connectivity index (χ3n) is 5.23. The van der Waals surface area contributed by atoms with Crippen molar-refractivity contribution in [2.24, 2.45) is 5.92 Å².